The first-order valence-electron chi connectivity index (χ1n) is 7.89. The van der Waals surface area contributed by atoms with Crippen molar-refractivity contribution in [3.8, 4) is 5.69 Å². The number of para-hydroxylation sites is 1. The molecule has 0 saturated heterocycles. The maximum atomic E-state index is 12.7. The van der Waals surface area contributed by atoms with Crippen molar-refractivity contribution in [3.05, 3.63) is 69.2 Å². The summed E-state index contributed by atoms with van der Waals surface area (Å²) in [5.74, 6) is 0.112. The summed E-state index contributed by atoms with van der Waals surface area (Å²) >= 11 is 8.31. The van der Waals surface area contributed by atoms with E-state index in [0.29, 0.717) is 3.95 Å². The number of rotatable bonds is 5. The summed E-state index contributed by atoms with van der Waals surface area (Å²) < 4.78 is 3.23. The zero-order valence-electron chi connectivity index (χ0n) is 14.2. The second kappa shape index (κ2) is 7.64. The summed E-state index contributed by atoms with van der Waals surface area (Å²) in [5.41, 5.74) is 4.00. The van der Waals surface area contributed by atoms with Gasteiger partial charge in [0.2, 0.25) is 0 Å². The van der Waals surface area contributed by atoms with E-state index in [-0.39, 0.29) is 11.0 Å². The fourth-order valence-corrected chi connectivity index (χ4v) is 4.96. The summed E-state index contributed by atoms with van der Waals surface area (Å²) in [4.78, 5) is 12.7. The Balaban J connectivity index is 1.79. The Hall–Kier alpha value is -1.76. The van der Waals surface area contributed by atoms with Gasteiger partial charge in [-0.2, -0.15) is 0 Å². The number of hydrogen-bond donors (Lipinski definition) is 0. The van der Waals surface area contributed by atoms with Gasteiger partial charge in [-0.15, -0.1) is 5.10 Å². The Labute approximate surface area is 160 Å². The minimum atomic E-state index is -0.216. The number of carbonyl (C=O) groups is 1. The van der Waals surface area contributed by atoms with Gasteiger partial charge >= 0.3 is 0 Å². The number of hydrogen-bond acceptors (Lipinski definition) is 5. The van der Waals surface area contributed by atoms with E-state index in [1.54, 1.807) is 4.68 Å². The summed E-state index contributed by atoms with van der Waals surface area (Å²) in [6, 6.07) is 15.6. The van der Waals surface area contributed by atoms with E-state index in [9.17, 15) is 4.79 Å². The third-order valence-electron chi connectivity index (χ3n) is 3.97. The minimum Gasteiger partial charge on any atom is -0.293 e. The molecule has 1 heterocycles. The molecule has 0 amide bonds. The van der Waals surface area contributed by atoms with Crippen molar-refractivity contribution in [2.45, 2.75) is 30.4 Å². The van der Waals surface area contributed by atoms with Crippen molar-refractivity contribution >= 4 is 41.1 Å². The maximum Gasteiger partial charge on any atom is 0.184 e. The number of carbonyl (C=O) groups excluding carboxylic acids is 1. The van der Waals surface area contributed by atoms with E-state index in [0.717, 1.165) is 21.2 Å². The Morgan fingerprint density at radius 1 is 1.16 bits per heavy atom. The lowest BCUT2D eigenvalue weighted by Crippen LogP contribution is -2.13. The average Bonchev–Trinajstić information content (AvgIpc) is 2.97. The summed E-state index contributed by atoms with van der Waals surface area (Å²) in [5, 5.41) is 4.35. The molecule has 0 radical (unpaired) electrons. The SMILES string of the molecule is Cc1ccc(C(=O)[C@@H](C)Sc2nn(-c3ccccc3)c(=S)s2)cc1C. The Morgan fingerprint density at radius 3 is 2.56 bits per heavy atom. The van der Waals surface area contributed by atoms with Crippen LogP contribution < -0.4 is 0 Å². The van der Waals surface area contributed by atoms with Crippen LogP contribution in [0.1, 0.15) is 28.4 Å². The molecule has 1 atom stereocenters. The third kappa shape index (κ3) is 4.08. The van der Waals surface area contributed by atoms with Crippen LogP contribution in [-0.4, -0.2) is 20.8 Å². The van der Waals surface area contributed by atoms with Gasteiger partial charge in [0.05, 0.1) is 10.9 Å². The van der Waals surface area contributed by atoms with Crippen molar-refractivity contribution in [1.82, 2.24) is 9.78 Å². The van der Waals surface area contributed by atoms with Gasteiger partial charge in [-0.3, -0.25) is 4.79 Å². The molecule has 1 aromatic heterocycles. The number of Topliss-reactive ketones (excluding diaryl/α,β-unsaturated/α-hetero) is 1. The van der Waals surface area contributed by atoms with E-state index >= 15 is 0 Å². The zero-order chi connectivity index (χ0) is 18.0. The molecule has 0 fully saturated rings. The second-order valence-electron chi connectivity index (χ2n) is 5.80. The van der Waals surface area contributed by atoms with Crippen molar-refractivity contribution in [3.63, 3.8) is 0 Å². The molecule has 0 unspecified atom stereocenters. The van der Waals surface area contributed by atoms with Gasteiger partial charge < -0.3 is 0 Å². The van der Waals surface area contributed by atoms with Gasteiger partial charge in [0.15, 0.2) is 14.1 Å². The molecule has 0 aliphatic rings. The Morgan fingerprint density at radius 2 is 1.88 bits per heavy atom. The normalized spacial score (nSPS) is 12.1. The van der Waals surface area contributed by atoms with Crippen molar-refractivity contribution in [2.24, 2.45) is 0 Å². The average molecular weight is 387 g/mol. The number of nitrogens with zero attached hydrogens (tertiary/aromatic N) is 2. The largest absolute Gasteiger partial charge is 0.293 e. The van der Waals surface area contributed by atoms with Gasteiger partial charge in [-0.05, 0) is 62.3 Å². The predicted molar refractivity (Wildman–Crippen MR) is 108 cm³/mol. The Kier molecular flexibility index (Phi) is 5.51. The van der Waals surface area contributed by atoms with Crippen LogP contribution >= 0.6 is 35.3 Å². The smallest absolute Gasteiger partial charge is 0.184 e. The first kappa shape index (κ1) is 18.0. The molecular weight excluding hydrogens is 368 g/mol. The fourth-order valence-electron chi connectivity index (χ4n) is 2.37. The topological polar surface area (TPSA) is 34.9 Å². The highest BCUT2D eigenvalue weighted by Crippen LogP contribution is 2.29. The molecule has 3 nitrogen and oxygen atoms in total. The zero-order valence-corrected chi connectivity index (χ0v) is 16.7. The first-order chi connectivity index (χ1) is 12.0. The van der Waals surface area contributed by atoms with Crippen LogP contribution in [0, 0.1) is 17.8 Å². The fraction of sp³-hybridized carbons (Fsp3) is 0.211. The highest BCUT2D eigenvalue weighted by Gasteiger charge is 2.19. The maximum absolute atomic E-state index is 12.7. The molecule has 2 aromatic carbocycles. The van der Waals surface area contributed by atoms with Gasteiger partial charge in [0.25, 0.3) is 0 Å². The lowest BCUT2D eigenvalue weighted by Gasteiger charge is -2.09. The highest BCUT2D eigenvalue weighted by molar-refractivity contribution is 8.02. The van der Waals surface area contributed by atoms with E-state index < -0.39 is 0 Å². The van der Waals surface area contributed by atoms with Crippen molar-refractivity contribution < 1.29 is 4.79 Å². The predicted octanol–water partition coefficient (Wildman–Crippen LogP) is 5.64. The Bertz CT molecular complexity index is 960. The molecule has 128 valence electrons. The number of ketones is 1. The van der Waals surface area contributed by atoms with Crippen LogP contribution in [0.25, 0.3) is 5.69 Å². The van der Waals surface area contributed by atoms with E-state index in [1.807, 2.05) is 69.3 Å². The lowest BCUT2D eigenvalue weighted by atomic mass is 10.0. The highest BCUT2D eigenvalue weighted by atomic mass is 32.2. The molecule has 3 rings (SSSR count). The van der Waals surface area contributed by atoms with Crippen molar-refractivity contribution in [1.29, 1.82) is 0 Å². The molecule has 6 heteroatoms. The lowest BCUT2D eigenvalue weighted by molar-refractivity contribution is 0.0994. The number of benzene rings is 2. The molecule has 0 aliphatic heterocycles. The molecule has 0 aliphatic carbocycles. The van der Waals surface area contributed by atoms with Crippen LogP contribution in [0.3, 0.4) is 0 Å². The van der Waals surface area contributed by atoms with Gasteiger partial charge in [0.1, 0.15) is 0 Å². The summed E-state index contributed by atoms with van der Waals surface area (Å²) in [6.07, 6.45) is 0. The molecule has 3 aromatic rings. The standard InChI is InChI=1S/C19H18N2OS3/c1-12-9-10-15(11-13(12)2)17(22)14(3)24-18-20-21(19(23)25-18)16-7-5-4-6-8-16/h4-11,14H,1-3H3/t14-/m1/s1. The van der Waals surface area contributed by atoms with Crippen LogP contribution in [0.4, 0.5) is 0 Å². The molecule has 0 N–H and O–H groups in total. The number of thioether (sulfide) groups is 1. The molecular formula is C19H18N2OS3. The van der Waals surface area contributed by atoms with Crippen LogP contribution in [0.2, 0.25) is 0 Å². The van der Waals surface area contributed by atoms with Crippen molar-refractivity contribution in [2.75, 3.05) is 0 Å². The summed E-state index contributed by atoms with van der Waals surface area (Å²) in [7, 11) is 0. The molecule has 0 saturated carbocycles. The number of aryl methyl sites for hydroxylation is 2. The first-order valence-corrected chi connectivity index (χ1v) is 10.00. The van der Waals surface area contributed by atoms with Crippen LogP contribution in [-0.2, 0) is 0 Å². The molecule has 25 heavy (non-hydrogen) atoms. The van der Waals surface area contributed by atoms with Gasteiger partial charge in [0, 0.05) is 5.56 Å². The molecule has 0 spiro atoms. The summed E-state index contributed by atoms with van der Waals surface area (Å²) in [6.45, 7) is 5.99. The van der Waals surface area contributed by atoms with Crippen LogP contribution in [0.15, 0.2) is 52.9 Å². The number of aromatic nitrogens is 2. The third-order valence-corrected chi connectivity index (χ3v) is 6.38. The van der Waals surface area contributed by atoms with E-state index in [4.69, 9.17) is 12.2 Å². The van der Waals surface area contributed by atoms with Crippen LogP contribution in [0.5, 0.6) is 0 Å². The van der Waals surface area contributed by atoms with E-state index in [1.165, 1.54) is 28.7 Å². The molecule has 0 bridgehead atoms. The second-order valence-corrected chi connectivity index (χ2v) is 9.02. The minimum absolute atomic E-state index is 0.112. The van der Waals surface area contributed by atoms with E-state index in [2.05, 4.69) is 5.10 Å². The monoisotopic (exact) mass is 386 g/mol. The van der Waals surface area contributed by atoms with Gasteiger partial charge in [-0.25, -0.2) is 4.68 Å². The quantitative estimate of drug-likeness (QED) is 0.323. The van der Waals surface area contributed by atoms with Gasteiger partial charge in [-0.1, -0.05) is 53.4 Å².